The molecular formula is C19H14ClN5O2. The molecule has 0 spiro atoms. The Morgan fingerprint density at radius 1 is 1.11 bits per heavy atom. The number of pyridine rings is 1. The van der Waals surface area contributed by atoms with E-state index < -0.39 is 11.2 Å². The van der Waals surface area contributed by atoms with E-state index in [2.05, 4.69) is 15.0 Å². The van der Waals surface area contributed by atoms with Crippen LogP contribution < -0.4 is 11.2 Å². The second-order valence-electron chi connectivity index (χ2n) is 6.03. The first kappa shape index (κ1) is 17.1. The Kier molecular flexibility index (Phi) is 4.29. The zero-order valence-corrected chi connectivity index (χ0v) is 15.1. The lowest BCUT2D eigenvalue weighted by Crippen LogP contribution is -2.39. The van der Waals surface area contributed by atoms with Crippen molar-refractivity contribution < 1.29 is 0 Å². The number of halogens is 1. The van der Waals surface area contributed by atoms with E-state index in [4.69, 9.17) is 11.6 Å². The number of aryl methyl sites for hydroxylation is 1. The van der Waals surface area contributed by atoms with Crippen molar-refractivity contribution in [3.05, 3.63) is 86.4 Å². The maximum Gasteiger partial charge on any atom is 0.332 e. The van der Waals surface area contributed by atoms with Crippen molar-refractivity contribution in [3.63, 3.8) is 0 Å². The first-order valence-corrected chi connectivity index (χ1v) is 8.54. The van der Waals surface area contributed by atoms with Crippen molar-refractivity contribution in [1.82, 2.24) is 24.1 Å². The molecule has 8 heteroatoms. The zero-order chi connectivity index (χ0) is 19.0. The number of aromatic nitrogens is 5. The Balaban J connectivity index is 1.89. The lowest BCUT2D eigenvalue weighted by atomic mass is 10.2. The molecule has 134 valence electrons. The molecule has 0 saturated heterocycles. The number of hydrogen-bond donors (Lipinski definition) is 0. The predicted octanol–water partition coefficient (Wildman–Crippen LogP) is 2.25. The predicted molar refractivity (Wildman–Crippen MR) is 103 cm³/mol. The second kappa shape index (κ2) is 6.77. The molecule has 0 saturated carbocycles. The van der Waals surface area contributed by atoms with E-state index in [1.807, 2.05) is 6.07 Å². The minimum Gasteiger partial charge on any atom is -0.280 e. The first-order chi connectivity index (χ1) is 13.0. The van der Waals surface area contributed by atoms with E-state index >= 15 is 0 Å². The van der Waals surface area contributed by atoms with Gasteiger partial charge in [0.2, 0.25) is 0 Å². The fourth-order valence-corrected chi connectivity index (χ4v) is 3.09. The number of rotatable bonds is 3. The highest BCUT2D eigenvalue weighted by atomic mass is 35.5. The summed E-state index contributed by atoms with van der Waals surface area (Å²) in [5, 5.41) is 0.820. The average Bonchev–Trinajstić information content (AvgIpc) is 2.70. The fourth-order valence-electron chi connectivity index (χ4n) is 2.88. The standard InChI is InChI=1S/C19H14ClN5O2/c1-24-17-15(10-22-16(23-17)13-5-7-21-8-6-13)18(26)25(19(24)27)11-12-3-2-4-14(20)9-12/h2-10H,11H2,1H3. The number of benzene rings is 1. The summed E-state index contributed by atoms with van der Waals surface area (Å²) in [4.78, 5) is 38.3. The van der Waals surface area contributed by atoms with Crippen molar-refractivity contribution in [1.29, 1.82) is 0 Å². The highest BCUT2D eigenvalue weighted by Gasteiger charge is 2.14. The van der Waals surface area contributed by atoms with Crippen LogP contribution in [0.1, 0.15) is 5.56 Å². The molecule has 7 nitrogen and oxygen atoms in total. The van der Waals surface area contributed by atoms with Gasteiger partial charge in [-0.15, -0.1) is 0 Å². The van der Waals surface area contributed by atoms with Crippen LogP contribution in [0, 0.1) is 0 Å². The minimum atomic E-state index is -0.452. The normalized spacial score (nSPS) is 11.0. The van der Waals surface area contributed by atoms with Crippen LogP contribution in [0.25, 0.3) is 22.4 Å². The Morgan fingerprint density at radius 2 is 1.89 bits per heavy atom. The molecule has 0 unspecified atom stereocenters. The molecule has 0 aliphatic heterocycles. The topological polar surface area (TPSA) is 82.7 Å². The largest absolute Gasteiger partial charge is 0.332 e. The van der Waals surface area contributed by atoms with Crippen LogP contribution in [-0.2, 0) is 13.6 Å². The molecule has 4 rings (SSSR count). The van der Waals surface area contributed by atoms with Gasteiger partial charge in [0.1, 0.15) is 5.39 Å². The van der Waals surface area contributed by atoms with Crippen LogP contribution >= 0.6 is 11.6 Å². The molecule has 4 aromatic rings. The third-order valence-corrected chi connectivity index (χ3v) is 4.48. The van der Waals surface area contributed by atoms with Crippen LogP contribution in [-0.4, -0.2) is 24.1 Å². The molecule has 0 aliphatic rings. The fraction of sp³-hybridized carbons (Fsp3) is 0.105. The van der Waals surface area contributed by atoms with Crippen molar-refractivity contribution >= 4 is 22.6 Å². The molecule has 3 aromatic heterocycles. The van der Waals surface area contributed by atoms with Crippen LogP contribution in [0.2, 0.25) is 5.02 Å². The Morgan fingerprint density at radius 3 is 2.63 bits per heavy atom. The first-order valence-electron chi connectivity index (χ1n) is 8.16. The molecule has 0 radical (unpaired) electrons. The maximum atomic E-state index is 12.9. The third-order valence-electron chi connectivity index (χ3n) is 4.25. The van der Waals surface area contributed by atoms with Gasteiger partial charge in [0.25, 0.3) is 5.56 Å². The van der Waals surface area contributed by atoms with E-state index in [-0.39, 0.29) is 17.6 Å². The summed E-state index contributed by atoms with van der Waals surface area (Å²) in [6, 6.07) is 10.6. The lowest BCUT2D eigenvalue weighted by molar-refractivity contribution is 0.656. The van der Waals surface area contributed by atoms with Crippen LogP contribution in [0.5, 0.6) is 0 Å². The van der Waals surface area contributed by atoms with Crippen LogP contribution in [0.15, 0.2) is 64.6 Å². The third kappa shape index (κ3) is 3.13. The van der Waals surface area contributed by atoms with Crippen molar-refractivity contribution in [2.45, 2.75) is 6.54 Å². The molecule has 0 atom stereocenters. The SMILES string of the molecule is Cn1c(=O)n(Cc2cccc(Cl)c2)c(=O)c2cnc(-c3ccncc3)nc21. The number of fused-ring (bicyclic) bond motifs is 1. The summed E-state index contributed by atoms with van der Waals surface area (Å²) in [7, 11) is 1.59. The van der Waals surface area contributed by atoms with E-state index in [1.165, 1.54) is 10.8 Å². The van der Waals surface area contributed by atoms with Gasteiger partial charge in [0.15, 0.2) is 11.5 Å². The summed E-state index contributed by atoms with van der Waals surface area (Å²) in [6.07, 6.45) is 4.71. The van der Waals surface area contributed by atoms with Gasteiger partial charge in [0.05, 0.1) is 6.54 Å². The van der Waals surface area contributed by atoms with Gasteiger partial charge in [-0.05, 0) is 29.8 Å². The number of hydrogen-bond acceptors (Lipinski definition) is 5. The summed E-state index contributed by atoms with van der Waals surface area (Å²) >= 11 is 6.00. The molecule has 3 heterocycles. The Bertz CT molecular complexity index is 1260. The number of nitrogens with zero attached hydrogens (tertiary/aromatic N) is 5. The van der Waals surface area contributed by atoms with Gasteiger partial charge >= 0.3 is 5.69 Å². The lowest BCUT2D eigenvalue weighted by Gasteiger charge is -2.11. The summed E-state index contributed by atoms with van der Waals surface area (Å²) in [6.45, 7) is 0.119. The van der Waals surface area contributed by atoms with Gasteiger partial charge in [-0.25, -0.2) is 14.8 Å². The van der Waals surface area contributed by atoms with E-state index in [0.29, 0.717) is 10.8 Å². The molecule has 0 bridgehead atoms. The highest BCUT2D eigenvalue weighted by molar-refractivity contribution is 6.30. The average molecular weight is 380 g/mol. The second-order valence-corrected chi connectivity index (χ2v) is 6.47. The van der Waals surface area contributed by atoms with Crippen molar-refractivity contribution in [2.24, 2.45) is 7.05 Å². The minimum absolute atomic E-state index is 0.119. The summed E-state index contributed by atoms with van der Waals surface area (Å²) in [5.41, 5.74) is 0.910. The van der Waals surface area contributed by atoms with Gasteiger partial charge in [0, 0.05) is 36.2 Å². The summed E-state index contributed by atoms with van der Waals surface area (Å²) < 4.78 is 2.51. The van der Waals surface area contributed by atoms with Crippen LogP contribution in [0.3, 0.4) is 0 Å². The van der Waals surface area contributed by atoms with E-state index in [1.54, 1.807) is 49.8 Å². The van der Waals surface area contributed by atoms with Crippen LogP contribution in [0.4, 0.5) is 0 Å². The Labute approximate surface area is 158 Å². The maximum absolute atomic E-state index is 12.9. The Hall–Kier alpha value is -3.32. The molecule has 27 heavy (non-hydrogen) atoms. The molecular weight excluding hydrogens is 366 g/mol. The molecule has 0 amide bonds. The highest BCUT2D eigenvalue weighted by Crippen LogP contribution is 2.15. The molecule has 1 aromatic carbocycles. The quantitative estimate of drug-likeness (QED) is 0.545. The monoisotopic (exact) mass is 379 g/mol. The zero-order valence-electron chi connectivity index (χ0n) is 14.3. The smallest absolute Gasteiger partial charge is 0.280 e. The van der Waals surface area contributed by atoms with Gasteiger partial charge in [-0.1, -0.05) is 23.7 Å². The van der Waals surface area contributed by atoms with Crippen molar-refractivity contribution in [2.75, 3.05) is 0 Å². The van der Waals surface area contributed by atoms with Crippen molar-refractivity contribution in [3.8, 4) is 11.4 Å². The molecule has 0 aliphatic carbocycles. The van der Waals surface area contributed by atoms with Gasteiger partial charge in [-0.2, -0.15) is 0 Å². The van der Waals surface area contributed by atoms with Gasteiger partial charge in [-0.3, -0.25) is 18.9 Å². The van der Waals surface area contributed by atoms with Gasteiger partial charge < -0.3 is 0 Å². The summed E-state index contributed by atoms with van der Waals surface area (Å²) in [5.74, 6) is 0.423. The van der Waals surface area contributed by atoms with E-state index in [9.17, 15) is 9.59 Å². The molecule has 0 fully saturated rings. The molecule has 0 N–H and O–H groups in total. The van der Waals surface area contributed by atoms with E-state index in [0.717, 1.165) is 15.7 Å².